The lowest BCUT2D eigenvalue weighted by molar-refractivity contribution is 0.0599. The summed E-state index contributed by atoms with van der Waals surface area (Å²) in [4.78, 5) is 36.4. The van der Waals surface area contributed by atoms with E-state index in [-0.39, 0.29) is 29.2 Å². The number of rotatable bonds is 8. The summed E-state index contributed by atoms with van der Waals surface area (Å²) in [6.07, 6.45) is 0. The van der Waals surface area contributed by atoms with E-state index in [0.29, 0.717) is 17.3 Å². The zero-order valence-corrected chi connectivity index (χ0v) is 17.7. The highest BCUT2D eigenvalue weighted by Crippen LogP contribution is 2.21. The van der Waals surface area contributed by atoms with Crippen molar-refractivity contribution >= 4 is 23.5 Å². The summed E-state index contributed by atoms with van der Waals surface area (Å²) in [5.41, 5.74) is 0.364. The third-order valence-corrected chi connectivity index (χ3v) is 4.36. The lowest BCUT2D eigenvalue weighted by Crippen LogP contribution is -2.13. The highest BCUT2D eigenvalue weighted by molar-refractivity contribution is 6.04. The first-order valence-electron chi connectivity index (χ1n) is 9.42. The first kappa shape index (κ1) is 22.4. The summed E-state index contributed by atoms with van der Waals surface area (Å²) in [6.45, 7) is 0.115. The largest absolute Gasteiger partial charge is 0.497 e. The summed E-state index contributed by atoms with van der Waals surface area (Å²) in [5.74, 6) is -0.113. The lowest BCUT2D eigenvalue weighted by Gasteiger charge is -2.09. The number of amides is 1. The van der Waals surface area contributed by atoms with Crippen LogP contribution in [0.4, 0.5) is 5.69 Å². The fraction of sp³-hybridized carbons (Fsp3) is 0.174. The van der Waals surface area contributed by atoms with Crippen LogP contribution in [0, 0.1) is 0 Å². The minimum atomic E-state index is -0.665. The smallest absolute Gasteiger partial charge is 0.337 e. The van der Waals surface area contributed by atoms with E-state index in [4.69, 9.17) is 13.9 Å². The van der Waals surface area contributed by atoms with E-state index in [2.05, 4.69) is 14.8 Å². The Labute approximate surface area is 183 Å². The van der Waals surface area contributed by atoms with Gasteiger partial charge in [-0.25, -0.2) is 9.59 Å². The average Bonchev–Trinajstić information content (AvgIpc) is 3.31. The third kappa shape index (κ3) is 5.45. The molecule has 32 heavy (non-hydrogen) atoms. The Morgan fingerprint density at radius 2 is 1.41 bits per heavy atom. The van der Waals surface area contributed by atoms with Gasteiger partial charge in [-0.1, -0.05) is 0 Å². The predicted molar refractivity (Wildman–Crippen MR) is 113 cm³/mol. The van der Waals surface area contributed by atoms with Gasteiger partial charge in [-0.2, -0.15) is 0 Å². The van der Waals surface area contributed by atoms with Gasteiger partial charge in [-0.05, 0) is 54.6 Å². The third-order valence-electron chi connectivity index (χ3n) is 4.36. The highest BCUT2D eigenvalue weighted by Gasteiger charge is 2.17. The van der Waals surface area contributed by atoms with Crippen LogP contribution in [0.2, 0.25) is 0 Å². The Kier molecular flexibility index (Phi) is 7.12. The zero-order chi connectivity index (χ0) is 23.1. The van der Waals surface area contributed by atoms with E-state index in [0.717, 1.165) is 0 Å². The second kappa shape index (κ2) is 10.2. The van der Waals surface area contributed by atoms with Crippen molar-refractivity contribution in [2.45, 2.75) is 6.61 Å². The zero-order valence-electron chi connectivity index (χ0n) is 17.7. The molecule has 1 heterocycles. The Morgan fingerprint density at radius 3 is 1.97 bits per heavy atom. The van der Waals surface area contributed by atoms with Crippen molar-refractivity contribution < 1.29 is 37.7 Å². The molecule has 0 aliphatic rings. The number of benzene rings is 2. The highest BCUT2D eigenvalue weighted by atomic mass is 16.5. The molecule has 0 saturated heterocycles. The number of hydrogen-bond acceptors (Lipinski definition) is 8. The van der Waals surface area contributed by atoms with Crippen molar-refractivity contribution in [1.29, 1.82) is 0 Å². The SMILES string of the molecule is COC(=O)c1cc(NC(=O)c2ccc(COc3ccc(OC)cc3)o2)cc(C(=O)OC)c1. The van der Waals surface area contributed by atoms with Gasteiger partial charge < -0.3 is 28.7 Å². The van der Waals surface area contributed by atoms with Crippen molar-refractivity contribution in [2.75, 3.05) is 26.6 Å². The molecule has 0 unspecified atom stereocenters. The molecule has 166 valence electrons. The molecule has 0 bridgehead atoms. The molecule has 1 N–H and O–H groups in total. The minimum Gasteiger partial charge on any atom is -0.497 e. The Balaban J connectivity index is 1.69. The molecule has 0 atom stereocenters. The Bertz CT molecular complexity index is 1080. The maximum Gasteiger partial charge on any atom is 0.337 e. The number of nitrogens with one attached hydrogen (secondary N) is 1. The van der Waals surface area contributed by atoms with Crippen molar-refractivity contribution in [1.82, 2.24) is 0 Å². The summed E-state index contributed by atoms with van der Waals surface area (Å²) < 4.78 is 25.6. The second-order valence-corrected chi connectivity index (χ2v) is 6.47. The topological polar surface area (TPSA) is 113 Å². The summed E-state index contributed by atoms with van der Waals surface area (Å²) in [6, 6.07) is 14.2. The van der Waals surface area contributed by atoms with Gasteiger partial charge in [0.1, 0.15) is 23.9 Å². The fourth-order valence-electron chi connectivity index (χ4n) is 2.77. The van der Waals surface area contributed by atoms with Crippen molar-refractivity contribution in [2.24, 2.45) is 0 Å². The van der Waals surface area contributed by atoms with E-state index >= 15 is 0 Å². The molecule has 0 radical (unpaired) electrons. The van der Waals surface area contributed by atoms with Crippen LogP contribution in [0.15, 0.2) is 59.0 Å². The Morgan fingerprint density at radius 1 is 0.812 bits per heavy atom. The number of ether oxygens (including phenoxy) is 4. The first-order valence-corrected chi connectivity index (χ1v) is 9.42. The van der Waals surface area contributed by atoms with Crippen molar-refractivity contribution in [3.05, 3.63) is 77.2 Å². The molecule has 1 amide bonds. The average molecular weight is 439 g/mol. The fourth-order valence-corrected chi connectivity index (χ4v) is 2.77. The maximum absolute atomic E-state index is 12.6. The monoisotopic (exact) mass is 439 g/mol. The maximum atomic E-state index is 12.6. The molecule has 0 aliphatic heterocycles. The molecule has 1 aromatic heterocycles. The van der Waals surface area contributed by atoms with Crippen LogP contribution >= 0.6 is 0 Å². The van der Waals surface area contributed by atoms with Crippen LogP contribution in [-0.4, -0.2) is 39.2 Å². The first-order chi connectivity index (χ1) is 15.4. The van der Waals surface area contributed by atoms with Crippen LogP contribution in [0.1, 0.15) is 37.0 Å². The van der Waals surface area contributed by atoms with Gasteiger partial charge in [-0.15, -0.1) is 0 Å². The van der Waals surface area contributed by atoms with Gasteiger partial charge in [0.2, 0.25) is 0 Å². The van der Waals surface area contributed by atoms with Gasteiger partial charge >= 0.3 is 11.9 Å². The van der Waals surface area contributed by atoms with Gasteiger partial charge in [-0.3, -0.25) is 4.79 Å². The molecular weight excluding hydrogens is 418 g/mol. The minimum absolute atomic E-state index is 0.0291. The summed E-state index contributed by atoms with van der Waals surface area (Å²) >= 11 is 0. The number of furan rings is 1. The quantitative estimate of drug-likeness (QED) is 0.529. The molecule has 3 aromatic rings. The molecule has 2 aromatic carbocycles. The van der Waals surface area contributed by atoms with Crippen LogP contribution in [0.25, 0.3) is 0 Å². The van der Waals surface area contributed by atoms with Gasteiger partial charge in [0.05, 0.1) is 32.5 Å². The molecule has 0 fully saturated rings. The van der Waals surface area contributed by atoms with Gasteiger partial charge in [0, 0.05) is 5.69 Å². The van der Waals surface area contributed by atoms with Crippen LogP contribution in [-0.2, 0) is 16.1 Å². The van der Waals surface area contributed by atoms with E-state index in [1.807, 2.05) is 0 Å². The van der Waals surface area contributed by atoms with Crippen molar-refractivity contribution in [3.63, 3.8) is 0 Å². The standard InChI is InChI=1S/C23H21NO8/c1-28-17-4-6-18(7-5-17)31-13-19-8-9-20(32-19)21(25)24-16-11-14(22(26)29-2)10-15(12-16)23(27)30-3/h4-12H,13H2,1-3H3,(H,24,25). The number of anilines is 1. The number of methoxy groups -OCH3 is 3. The summed E-state index contributed by atoms with van der Waals surface area (Å²) in [7, 11) is 4.00. The van der Waals surface area contributed by atoms with E-state index < -0.39 is 17.8 Å². The molecule has 0 aliphatic carbocycles. The molecule has 9 nitrogen and oxygen atoms in total. The normalized spacial score (nSPS) is 10.2. The molecule has 0 spiro atoms. The molecule has 0 saturated carbocycles. The Hall–Kier alpha value is -4.27. The lowest BCUT2D eigenvalue weighted by atomic mass is 10.1. The van der Waals surface area contributed by atoms with Gasteiger partial charge in [0.25, 0.3) is 5.91 Å². The second-order valence-electron chi connectivity index (χ2n) is 6.47. The van der Waals surface area contributed by atoms with Gasteiger partial charge in [0.15, 0.2) is 5.76 Å². The number of carbonyl (C=O) groups excluding carboxylic acids is 3. The number of esters is 2. The number of hydrogen-bond donors (Lipinski definition) is 1. The van der Waals surface area contributed by atoms with E-state index in [1.165, 1.54) is 38.5 Å². The molecular formula is C23H21NO8. The van der Waals surface area contributed by atoms with Crippen LogP contribution in [0.5, 0.6) is 11.5 Å². The van der Waals surface area contributed by atoms with E-state index in [9.17, 15) is 14.4 Å². The predicted octanol–water partition coefficient (Wildman–Crippen LogP) is 3.69. The molecule has 3 rings (SSSR count). The summed E-state index contributed by atoms with van der Waals surface area (Å²) in [5, 5.41) is 2.59. The number of carbonyl (C=O) groups is 3. The van der Waals surface area contributed by atoms with Crippen LogP contribution < -0.4 is 14.8 Å². The molecule has 9 heteroatoms. The van der Waals surface area contributed by atoms with Crippen LogP contribution in [0.3, 0.4) is 0 Å². The van der Waals surface area contributed by atoms with E-state index in [1.54, 1.807) is 37.4 Å². The van der Waals surface area contributed by atoms with Crippen molar-refractivity contribution in [3.8, 4) is 11.5 Å².